The molecule has 0 amide bonds. The van der Waals surface area contributed by atoms with Crippen LogP contribution in [0.15, 0.2) is 12.3 Å². The van der Waals surface area contributed by atoms with E-state index in [4.69, 9.17) is 5.26 Å². The molecule has 1 N–H and O–H groups in total. The zero-order valence-electron chi connectivity index (χ0n) is 8.18. The molecule has 0 saturated carbocycles. The van der Waals surface area contributed by atoms with Gasteiger partial charge in [-0.25, -0.2) is 0 Å². The molecule has 0 radical (unpaired) electrons. The lowest BCUT2D eigenvalue weighted by Crippen LogP contribution is -2.28. The summed E-state index contributed by atoms with van der Waals surface area (Å²) >= 11 is 0. The molecule has 0 fully saturated rings. The van der Waals surface area contributed by atoms with Crippen molar-refractivity contribution in [1.29, 1.82) is 5.26 Å². The maximum absolute atomic E-state index is 9.17. The largest absolute Gasteiger partial charge is 0.392 e. The van der Waals surface area contributed by atoms with Crippen LogP contribution in [0.25, 0.3) is 0 Å². The molecule has 0 bridgehead atoms. The third kappa shape index (κ3) is 2.41. The van der Waals surface area contributed by atoms with Gasteiger partial charge in [0.15, 0.2) is 5.82 Å². The number of likely N-dealkylation sites (N-methyl/N-ethyl adjacent to an activating group) is 1. The topological polar surface area (TPSA) is 73.0 Å². The fraction of sp³-hybridized carbons (Fsp3) is 0.444. The predicted octanol–water partition coefficient (Wildman–Crippen LogP) is 0.165. The zero-order valence-corrected chi connectivity index (χ0v) is 8.18. The molecule has 1 aromatic heterocycles. The number of anilines is 1. The lowest BCUT2D eigenvalue weighted by Gasteiger charge is -2.19. The van der Waals surface area contributed by atoms with E-state index in [9.17, 15) is 5.11 Å². The van der Waals surface area contributed by atoms with E-state index in [1.165, 1.54) is 6.20 Å². The summed E-state index contributed by atoms with van der Waals surface area (Å²) in [5.74, 6) is 0.496. The van der Waals surface area contributed by atoms with Gasteiger partial charge < -0.3 is 10.0 Å². The van der Waals surface area contributed by atoms with E-state index >= 15 is 0 Å². The molecule has 1 heterocycles. The molecule has 0 saturated heterocycles. The van der Waals surface area contributed by atoms with Crippen molar-refractivity contribution in [2.45, 2.75) is 13.0 Å². The highest BCUT2D eigenvalue weighted by atomic mass is 16.3. The lowest BCUT2D eigenvalue weighted by atomic mass is 10.3. The van der Waals surface area contributed by atoms with E-state index < -0.39 is 6.10 Å². The van der Waals surface area contributed by atoms with Crippen LogP contribution in [0.5, 0.6) is 0 Å². The van der Waals surface area contributed by atoms with Gasteiger partial charge >= 0.3 is 0 Å². The number of aliphatic hydroxyl groups is 1. The minimum atomic E-state index is -0.464. The van der Waals surface area contributed by atoms with Crippen molar-refractivity contribution in [2.24, 2.45) is 0 Å². The average molecular weight is 192 g/mol. The summed E-state index contributed by atoms with van der Waals surface area (Å²) < 4.78 is 0. The Kier molecular flexibility index (Phi) is 3.37. The van der Waals surface area contributed by atoms with Crippen LogP contribution in [-0.2, 0) is 0 Å². The fourth-order valence-electron chi connectivity index (χ4n) is 1.18. The molecule has 74 valence electrons. The molecule has 0 aromatic carbocycles. The summed E-state index contributed by atoms with van der Waals surface area (Å²) in [7, 11) is 1.76. The number of aliphatic hydroxyl groups excluding tert-OH is 1. The molecule has 0 spiro atoms. The van der Waals surface area contributed by atoms with Crippen LogP contribution in [-0.4, -0.2) is 35.0 Å². The van der Waals surface area contributed by atoms with Gasteiger partial charge in [-0.05, 0) is 13.0 Å². The van der Waals surface area contributed by atoms with Crippen molar-refractivity contribution < 1.29 is 5.11 Å². The Morgan fingerprint density at radius 3 is 3.00 bits per heavy atom. The van der Waals surface area contributed by atoms with E-state index in [2.05, 4.69) is 10.2 Å². The first-order valence-electron chi connectivity index (χ1n) is 4.26. The highest BCUT2D eigenvalue weighted by molar-refractivity contribution is 5.51. The van der Waals surface area contributed by atoms with E-state index in [0.29, 0.717) is 17.9 Å². The number of rotatable bonds is 3. The Bertz CT molecular complexity index is 345. The molecule has 5 heteroatoms. The molecule has 1 atom stereocenters. The summed E-state index contributed by atoms with van der Waals surface area (Å²) in [5, 5.41) is 25.5. The van der Waals surface area contributed by atoms with E-state index in [1.807, 2.05) is 6.07 Å². The molecule has 1 aromatic rings. The molecular weight excluding hydrogens is 180 g/mol. The first-order valence-corrected chi connectivity index (χ1v) is 4.26. The van der Waals surface area contributed by atoms with Crippen LogP contribution in [0.3, 0.4) is 0 Å². The monoisotopic (exact) mass is 192 g/mol. The Balaban J connectivity index is 2.89. The summed E-state index contributed by atoms with van der Waals surface area (Å²) in [6.45, 7) is 2.10. The molecule has 1 unspecified atom stereocenters. The van der Waals surface area contributed by atoms with Crippen LogP contribution in [0.1, 0.15) is 12.5 Å². The van der Waals surface area contributed by atoms with Gasteiger partial charge in [-0.2, -0.15) is 10.4 Å². The molecule has 5 nitrogen and oxygen atoms in total. The van der Waals surface area contributed by atoms with Crippen molar-refractivity contribution in [3.8, 4) is 6.07 Å². The van der Waals surface area contributed by atoms with Gasteiger partial charge in [-0.15, -0.1) is 5.10 Å². The first-order chi connectivity index (χ1) is 6.65. The lowest BCUT2D eigenvalue weighted by molar-refractivity contribution is 0.201. The summed E-state index contributed by atoms with van der Waals surface area (Å²) in [5.41, 5.74) is 0.461. The third-order valence-corrected chi connectivity index (χ3v) is 1.72. The quantitative estimate of drug-likeness (QED) is 0.738. The molecule has 1 rings (SSSR count). The average Bonchev–Trinajstić information content (AvgIpc) is 2.16. The Morgan fingerprint density at radius 2 is 2.43 bits per heavy atom. The molecule has 0 aliphatic rings. The number of nitrogens with zero attached hydrogens (tertiary/aromatic N) is 4. The second kappa shape index (κ2) is 4.53. The predicted molar refractivity (Wildman–Crippen MR) is 51.7 cm³/mol. The van der Waals surface area contributed by atoms with Crippen LogP contribution >= 0.6 is 0 Å². The number of hydrogen-bond donors (Lipinski definition) is 1. The van der Waals surface area contributed by atoms with Crippen molar-refractivity contribution in [1.82, 2.24) is 10.2 Å². The first kappa shape index (κ1) is 10.4. The third-order valence-electron chi connectivity index (χ3n) is 1.72. The second-order valence-corrected chi connectivity index (χ2v) is 3.11. The van der Waals surface area contributed by atoms with Crippen LogP contribution < -0.4 is 4.90 Å². The Hall–Kier alpha value is -1.67. The van der Waals surface area contributed by atoms with Gasteiger partial charge in [0.25, 0.3) is 0 Å². The van der Waals surface area contributed by atoms with Crippen molar-refractivity contribution in [3.63, 3.8) is 0 Å². The van der Waals surface area contributed by atoms with E-state index in [-0.39, 0.29) is 0 Å². The zero-order chi connectivity index (χ0) is 10.6. The van der Waals surface area contributed by atoms with Gasteiger partial charge in [0.2, 0.25) is 0 Å². The van der Waals surface area contributed by atoms with Gasteiger partial charge in [0.1, 0.15) is 6.07 Å². The van der Waals surface area contributed by atoms with Gasteiger partial charge in [0, 0.05) is 13.6 Å². The Labute approximate surface area is 82.6 Å². The van der Waals surface area contributed by atoms with Crippen LogP contribution in [0.4, 0.5) is 5.82 Å². The molecule has 0 aliphatic heterocycles. The van der Waals surface area contributed by atoms with Crippen molar-refractivity contribution in [3.05, 3.63) is 17.8 Å². The number of nitriles is 1. The summed E-state index contributed by atoms with van der Waals surface area (Å²) in [6, 6.07) is 3.62. The minimum Gasteiger partial charge on any atom is -0.392 e. The van der Waals surface area contributed by atoms with Gasteiger partial charge in [-0.1, -0.05) is 0 Å². The SMILES string of the molecule is CC(O)CN(C)c1nnccc1C#N. The van der Waals surface area contributed by atoms with Crippen molar-refractivity contribution in [2.75, 3.05) is 18.5 Å². The van der Waals surface area contributed by atoms with Gasteiger partial charge in [0.05, 0.1) is 17.9 Å². The standard InChI is InChI=1S/C9H12N4O/c1-7(14)6-13(2)9-8(5-10)3-4-11-12-9/h3-4,7,14H,6H2,1-2H3. The highest BCUT2D eigenvalue weighted by Crippen LogP contribution is 2.13. The molecule has 14 heavy (non-hydrogen) atoms. The fourth-order valence-corrected chi connectivity index (χ4v) is 1.18. The van der Waals surface area contributed by atoms with Crippen LogP contribution in [0.2, 0.25) is 0 Å². The maximum Gasteiger partial charge on any atom is 0.169 e. The van der Waals surface area contributed by atoms with Crippen molar-refractivity contribution >= 4 is 5.82 Å². The minimum absolute atomic E-state index is 0.424. The summed E-state index contributed by atoms with van der Waals surface area (Å²) in [4.78, 5) is 1.70. The second-order valence-electron chi connectivity index (χ2n) is 3.11. The normalized spacial score (nSPS) is 11.9. The highest BCUT2D eigenvalue weighted by Gasteiger charge is 2.10. The molecular formula is C9H12N4O. The smallest absolute Gasteiger partial charge is 0.169 e. The van der Waals surface area contributed by atoms with Crippen LogP contribution in [0, 0.1) is 11.3 Å². The van der Waals surface area contributed by atoms with E-state index in [0.717, 1.165) is 0 Å². The Morgan fingerprint density at radius 1 is 1.71 bits per heavy atom. The molecule has 0 aliphatic carbocycles. The number of aromatic nitrogens is 2. The number of hydrogen-bond acceptors (Lipinski definition) is 5. The summed E-state index contributed by atoms with van der Waals surface area (Å²) in [6.07, 6.45) is 1.01. The van der Waals surface area contributed by atoms with E-state index in [1.54, 1.807) is 24.9 Å². The van der Waals surface area contributed by atoms with Gasteiger partial charge in [-0.3, -0.25) is 0 Å². The maximum atomic E-state index is 9.17.